The van der Waals surface area contributed by atoms with Gasteiger partial charge in [0.2, 0.25) is 0 Å². The number of nitrogens with zero attached hydrogens (tertiary/aromatic N) is 1. The van der Waals surface area contributed by atoms with Crippen molar-refractivity contribution in [2.45, 2.75) is 26.7 Å². The molecule has 1 fully saturated rings. The number of likely N-dealkylation sites (tertiary alicyclic amines) is 1. The smallest absolute Gasteiger partial charge is 0.119 e. The lowest BCUT2D eigenvalue weighted by Crippen LogP contribution is -2.41. The summed E-state index contributed by atoms with van der Waals surface area (Å²) >= 11 is 0. The van der Waals surface area contributed by atoms with Crippen molar-refractivity contribution in [2.24, 2.45) is 11.8 Å². The first-order valence-electron chi connectivity index (χ1n) is 8.35. The molecule has 0 aromatic heterocycles. The molecule has 1 aliphatic heterocycles. The third-order valence-corrected chi connectivity index (χ3v) is 4.01. The fourth-order valence-electron chi connectivity index (χ4n) is 2.91. The lowest BCUT2D eigenvalue weighted by atomic mass is 9.98. The summed E-state index contributed by atoms with van der Waals surface area (Å²) in [6, 6.07) is 10.1. The molecular formula is C18H30N2O. The van der Waals surface area contributed by atoms with Crippen LogP contribution in [0.3, 0.4) is 0 Å². The van der Waals surface area contributed by atoms with Crippen LogP contribution in [0.1, 0.15) is 26.7 Å². The van der Waals surface area contributed by atoms with Crippen molar-refractivity contribution in [3.63, 3.8) is 0 Å². The molecule has 118 valence electrons. The van der Waals surface area contributed by atoms with Crippen LogP contribution in [0.15, 0.2) is 30.3 Å². The Bertz CT molecular complexity index is 380. The topological polar surface area (TPSA) is 24.5 Å². The first-order chi connectivity index (χ1) is 10.2. The van der Waals surface area contributed by atoms with Crippen LogP contribution in [0, 0.1) is 11.8 Å². The van der Waals surface area contributed by atoms with Crippen LogP contribution in [0.4, 0.5) is 0 Å². The Hall–Kier alpha value is -1.06. The largest absolute Gasteiger partial charge is 0.492 e. The van der Waals surface area contributed by atoms with E-state index in [4.69, 9.17) is 4.74 Å². The summed E-state index contributed by atoms with van der Waals surface area (Å²) in [4.78, 5) is 2.55. The third kappa shape index (κ3) is 6.49. The van der Waals surface area contributed by atoms with Crippen molar-refractivity contribution in [1.82, 2.24) is 10.2 Å². The maximum Gasteiger partial charge on any atom is 0.119 e. The van der Waals surface area contributed by atoms with Crippen molar-refractivity contribution >= 4 is 0 Å². The molecule has 0 amide bonds. The average Bonchev–Trinajstić information content (AvgIpc) is 2.48. The molecule has 1 aliphatic rings. The monoisotopic (exact) mass is 290 g/mol. The average molecular weight is 290 g/mol. The lowest BCUT2D eigenvalue weighted by molar-refractivity contribution is 0.145. The zero-order valence-corrected chi connectivity index (χ0v) is 13.6. The van der Waals surface area contributed by atoms with Gasteiger partial charge in [0, 0.05) is 13.1 Å². The van der Waals surface area contributed by atoms with E-state index in [9.17, 15) is 0 Å². The summed E-state index contributed by atoms with van der Waals surface area (Å²) in [7, 11) is 0. The molecule has 1 N–H and O–H groups in total. The summed E-state index contributed by atoms with van der Waals surface area (Å²) < 4.78 is 5.80. The highest BCUT2D eigenvalue weighted by atomic mass is 16.5. The van der Waals surface area contributed by atoms with Crippen LogP contribution in [0.5, 0.6) is 5.75 Å². The first kappa shape index (κ1) is 16.3. The molecule has 1 unspecified atom stereocenters. The zero-order valence-electron chi connectivity index (χ0n) is 13.6. The highest BCUT2D eigenvalue weighted by molar-refractivity contribution is 5.20. The predicted molar refractivity (Wildman–Crippen MR) is 88.8 cm³/mol. The van der Waals surface area contributed by atoms with E-state index in [0.29, 0.717) is 0 Å². The number of hydrogen-bond donors (Lipinski definition) is 1. The Morgan fingerprint density at radius 3 is 2.86 bits per heavy atom. The van der Waals surface area contributed by atoms with Gasteiger partial charge in [-0.1, -0.05) is 32.0 Å². The van der Waals surface area contributed by atoms with E-state index >= 15 is 0 Å². The molecule has 0 radical (unpaired) electrons. The van der Waals surface area contributed by atoms with E-state index in [-0.39, 0.29) is 0 Å². The van der Waals surface area contributed by atoms with Crippen molar-refractivity contribution in [2.75, 3.05) is 39.3 Å². The van der Waals surface area contributed by atoms with Crippen LogP contribution in [-0.4, -0.2) is 44.2 Å². The molecule has 3 heteroatoms. The Morgan fingerprint density at radius 1 is 1.29 bits per heavy atom. The van der Waals surface area contributed by atoms with Gasteiger partial charge in [-0.3, -0.25) is 4.90 Å². The van der Waals surface area contributed by atoms with Gasteiger partial charge in [-0.05, 0) is 56.4 Å². The van der Waals surface area contributed by atoms with Gasteiger partial charge >= 0.3 is 0 Å². The summed E-state index contributed by atoms with van der Waals surface area (Å²) in [5, 5.41) is 3.60. The molecule has 1 aromatic rings. The molecule has 0 saturated carbocycles. The third-order valence-electron chi connectivity index (χ3n) is 4.01. The van der Waals surface area contributed by atoms with E-state index in [2.05, 4.69) is 24.1 Å². The number of piperidine rings is 1. The van der Waals surface area contributed by atoms with Crippen molar-refractivity contribution in [1.29, 1.82) is 0 Å². The summed E-state index contributed by atoms with van der Waals surface area (Å²) in [5.41, 5.74) is 0. The standard InChI is InChI=1S/C18H30N2O/c1-16(2)13-19-14-17-7-6-10-20(15-17)11-12-21-18-8-4-3-5-9-18/h3-5,8-9,16-17,19H,6-7,10-15H2,1-2H3. The van der Waals surface area contributed by atoms with Gasteiger partial charge in [0.15, 0.2) is 0 Å². The molecule has 0 aliphatic carbocycles. The SMILES string of the molecule is CC(C)CNCC1CCCN(CCOc2ccccc2)C1. The molecule has 0 bridgehead atoms. The summed E-state index contributed by atoms with van der Waals surface area (Å²) in [6.45, 7) is 11.1. The van der Waals surface area contributed by atoms with Crippen molar-refractivity contribution in [3.05, 3.63) is 30.3 Å². The minimum atomic E-state index is 0.740. The van der Waals surface area contributed by atoms with E-state index in [1.54, 1.807) is 0 Å². The second-order valence-corrected chi connectivity index (χ2v) is 6.52. The Labute approximate surface area is 129 Å². The van der Waals surface area contributed by atoms with Gasteiger partial charge in [-0.15, -0.1) is 0 Å². The van der Waals surface area contributed by atoms with Crippen LogP contribution in [-0.2, 0) is 0 Å². The van der Waals surface area contributed by atoms with Crippen molar-refractivity contribution in [3.8, 4) is 5.75 Å². The molecule has 1 saturated heterocycles. The molecule has 2 rings (SSSR count). The van der Waals surface area contributed by atoms with Crippen LogP contribution in [0.2, 0.25) is 0 Å². The van der Waals surface area contributed by atoms with Gasteiger partial charge in [0.1, 0.15) is 12.4 Å². The minimum Gasteiger partial charge on any atom is -0.492 e. The zero-order chi connectivity index (χ0) is 14.9. The van der Waals surface area contributed by atoms with Crippen molar-refractivity contribution < 1.29 is 4.74 Å². The number of nitrogens with one attached hydrogen (secondary N) is 1. The normalized spacial score (nSPS) is 19.9. The maximum absolute atomic E-state index is 5.80. The van der Waals surface area contributed by atoms with Crippen LogP contribution >= 0.6 is 0 Å². The quantitative estimate of drug-likeness (QED) is 0.796. The number of ether oxygens (including phenoxy) is 1. The van der Waals surface area contributed by atoms with Crippen LogP contribution < -0.4 is 10.1 Å². The molecule has 1 aromatic carbocycles. The maximum atomic E-state index is 5.80. The molecule has 21 heavy (non-hydrogen) atoms. The van der Waals surface area contributed by atoms with E-state index in [1.165, 1.54) is 25.9 Å². The lowest BCUT2D eigenvalue weighted by Gasteiger charge is -2.32. The second kappa shape index (κ2) is 9.06. The number of hydrogen-bond acceptors (Lipinski definition) is 3. The second-order valence-electron chi connectivity index (χ2n) is 6.52. The van der Waals surface area contributed by atoms with E-state index in [0.717, 1.165) is 43.8 Å². The van der Waals surface area contributed by atoms with E-state index < -0.39 is 0 Å². The van der Waals surface area contributed by atoms with Gasteiger partial charge in [0.25, 0.3) is 0 Å². The number of benzene rings is 1. The number of para-hydroxylation sites is 1. The first-order valence-corrected chi connectivity index (χ1v) is 8.35. The molecule has 0 spiro atoms. The summed E-state index contributed by atoms with van der Waals surface area (Å²) in [5.74, 6) is 2.52. The minimum absolute atomic E-state index is 0.740. The molecule has 3 nitrogen and oxygen atoms in total. The highest BCUT2D eigenvalue weighted by Crippen LogP contribution is 2.16. The predicted octanol–water partition coefficient (Wildman–Crippen LogP) is 3.02. The Kier molecular flexibility index (Phi) is 7.04. The van der Waals surface area contributed by atoms with Gasteiger partial charge < -0.3 is 10.1 Å². The van der Waals surface area contributed by atoms with Crippen LogP contribution in [0.25, 0.3) is 0 Å². The van der Waals surface area contributed by atoms with E-state index in [1.807, 2.05) is 30.3 Å². The molecular weight excluding hydrogens is 260 g/mol. The van der Waals surface area contributed by atoms with Gasteiger partial charge in [0.05, 0.1) is 0 Å². The van der Waals surface area contributed by atoms with Gasteiger partial charge in [-0.2, -0.15) is 0 Å². The highest BCUT2D eigenvalue weighted by Gasteiger charge is 2.19. The Balaban J connectivity index is 1.62. The number of rotatable bonds is 8. The summed E-state index contributed by atoms with van der Waals surface area (Å²) in [6.07, 6.45) is 2.68. The molecule has 1 heterocycles. The molecule has 1 atom stereocenters. The fourth-order valence-corrected chi connectivity index (χ4v) is 2.91. The van der Waals surface area contributed by atoms with Gasteiger partial charge in [-0.25, -0.2) is 0 Å². The fraction of sp³-hybridized carbons (Fsp3) is 0.667. The Morgan fingerprint density at radius 2 is 2.10 bits per heavy atom.